The smallest absolute Gasteiger partial charge is 0.274 e. The van der Waals surface area contributed by atoms with Gasteiger partial charge < -0.3 is 19.1 Å². The molecule has 0 bridgehead atoms. The first kappa shape index (κ1) is 17.6. The van der Waals surface area contributed by atoms with Crippen molar-refractivity contribution in [3.05, 3.63) is 23.5 Å². The van der Waals surface area contributed by atoms with Crippen molar-refractivity contribution < 1.29 is 19.0 Å². The summed E-state index contributed by atoms with van der Waals surface area (Å²) in [5, 5.41) is 4.34. The van der Waals surface area contributed by atoms with Crippen molar-refractivity contribution in [3.8, 4) is 5.88 Å². The van der Waals surface area contributed by atoms with Crippen LogP contribution in [-0.4, -0.2) is 71.0 Å². The van der Waals surface area contributed by atoms with E-state index in [-0.39, 0.29) is 18.1 Å². The van der Waals surface area contributed by atoms with Crippen LogP contribution >= 0.6 is 0 Å². The minimum absolute atomic E-state index is 0.108. The standard InChI is InChI=1S/C17H24N4O4/c1-11(2)25-10-13-9-20(7-8-24-13)17(22)16-12(3)18-14-5-6-15(23-4)19-21(14)16/h5-6,11,13H,7-10H2,1-4H3/t13-/m1/s1. The summed E-state index contributed by atoms with van der Waals surface area (Å²) in [4.78, 5) is 19.3. The number of rotatable bonds is 5. The minimum atomic E-state index is -0.123. The lowest BCUT2D eigenvalue weighted by Gasteiger charge is -2.33. The molecule has 1 atom stereocenters. The van der Waals surface area contributed by atoms with Gasteiger partial charge in [-0.2, -0.15) is 0 Å². The van der Waals surface area contributed by atoms with E-state index in [2.05, 4.69) is 10.1 Å². The van der Waals surface area contributed by atoms with E-state index in [4.69, 9.17) is 14.2 Å². The van der Waals surface area contributed by atoms with E-state index in [1.165, 1.54) is 0 Å². The number of morpholine rings is 1. The van der Waals surface area contributed by atoms with Crippen LogP contribution in [0.1, 0.15) is 30.0 Å². The molecule has 2 aromatic heterocycles. The number of methoxy groups -OCH3 is 1. The zero-order chi connectivity index (χ0) is 18.0. The maximum atomic E-state index is 13.1. The molecule has 3 rings (SSSR count). The van der Waals surface area contributed by atoms with E-state index in [0.29, 0.717) is 49.2 Å². The number of carbonyl (C=O) groups excluding carboxylic acids is 1. The van der Waals surface area contributed by atoms with Gasteiger partial charge in [-0.15, -0.1) is 5.10 Å². The number of aromatic nitrogens is 3. The van der Waals surface area contributed by atoms with Gasteiger partial charge in [-0.3, -0.25) is 4.79 Å². The number of hydrogen-bond acceptors (Lipinski definition) is 6. The highest BCUT2D eigenvalue weighted by atomic mass is 16.5. The first-order valence-electron chi connectivity index (χ1n) is 8.42. The number of carbonyl (C=O) groups is 1. The summed E-state index contributed by atoms with van der Waals surface area (Å²) in [5.41, 5.74) is 1.72. The predicted octanol–water partition coefficient (Wildman–Crippen LogP) is 1.31. The number of hydrogen-bond donors (Lipinski definition) is 0. The minimum Gasteiger partial charge on any atom is -0.480 e. The molecule has 1 aliphatic heterocycles. The summed E-state index contributed by atoms with van der Waals surface area (Å²) in [6.45, 7) is 7.76. The van der Waals surface area contributed by atoms with Gasteiger partial charge in [0.15, 0.2) is 11.3 Å². The van der Waals surface area contributed by atoms with Crippen molar-refractivity contribution in [2.24, 2.45) is 0 Å². The van der Waals surface area contributed by atoms with E-state index < -0.39 is 0 Å². The van der Waals surface area contributed by atoms with Crippen molar-refractivity contribution in [3.63, 3.8) is 0 Å². The zero-order valence-electron chi connectivity index (χ0n) is 15.1. The molecule has 0 aromatic carbocycles. The van der Waals surface area contributed by atoms with Gasteiger partial charge in [-0.05, 0) is 26.8 Å². The first-order chi connectivity index (χ1) is 12.0. The summed E-state index contributed by atoms with van der Waals surface area (Å²) in [5.74, 6) is 0.327. The van der Waals surface area contributed by atoms with Gasteiger partial charge in [0.05, 0.1) is 38.2 Å². The maximum Gasteiger partial charge on any atom is 0.274 e. The van der Waals surface area contributed by atoms with Gasteiger partial charge in [0.25, 0.3) is 5.91 Å². The number of fused-ring (bicyclic) bond motifs is 1. The van der Waals surface area contributed by atoms with Gasteiger partial charge >= 0.3 is 0 Å². The third-order valence-corrected chi connectivity index (χ3v) is 4.08. The number of aryl methyl sites for hydroxylation is 1. The average Bonchev–Trinajstić information content (AvgIpc) is 2.94. The van der Waals surface area contributed by atoms with Crippen molar-refractivity contribution in [2.45, 2.75) is 33.0 Å². The molecule has 1 fully saturated rings. The van der Waals surface area contributed by atoms with Crippen molar-refractivity contribution in [1.29, 1.82) is 0 Å². The molecule has 0 unspecified atom stereocenters. The second-order valence-electron chi connectivity index (χ2n) is 6.32. The maximum absolute atomic E-state index is 13.1. The van der Waals surface area contributed by atoms with Crippen LogP contribution in [0.3, 0.4) is 0 Å². The number of ether oxygens (including phenoxy) is 3. The molecule has 136 valence electrons. The van der Waals surface area contributed by atoms with Crippen LogP contribution in [0.4, 0.5) is 0 Å². The predicted molar refractivity (Wildman–Crippen MR) is 91.0 cm³/mol. The lowest BCUT2D eigenvalue weighted by molar-refractivity contribution is -0.0726. The van der Waals surface area contributed by atoms with Crippen LogP contribution < -0.4 is 4.74 Å². The molecule has 8 heteroatoms. The molecule has 25 heavy (non-hydrogen) atoms. The molecule has 3 heterocycles. The van der Waals surface area contributed by atoms with Crippen LogP contribution in [0.2, 0.25) is 0 Å². The Bertz CT molecular complexity index is 758. The Morgan fingerprint density at radius 1 is 1.44 bits per heavy atom. The van der Waals surface area contributed by atoms with E-state index in [1.807, 2.05) is 20.8 Å². The second kappa shape index (κ2) is 7.37. The summed E-state index contributed by atoms with van der Waals surface area (Å²) in [7, 11) is 1.54. The highest BCUT2D eigenvalue weighted by Gasteiger charge is 2.29. The topological polar surface area (TPSA) is 78.2 Å². The van der Waals surface area contributed by atoms with Crippen LogP contribution in [0, 0.1) is 6.92 Å². The second-order valence-corrected chi connectivity index (χ2v) is 6.32. The molecule has 0 radical (unpaired) electrons. The summed E-state index contributed by atoms with van der Waals surface area (Å²) in [6.07, 6.45) is 0.00875. The fraction of sp³-hybridized carbons (Fsp3) is 0.588. The first-order valence-corrected chi connectivity index (χ1v) is 8.42. The highest BCUT2D eigenvalue weighted by molar-refractivity contribution is 5.94. The Labute approximate surface area is 146 Å². The van der Waals surface area contributed by atoms with Gasteiger partial charge in [0.2, 0.25) is 5.88 Å². The third-order valence-electron chi connectivity index (χ3n) is 4.08. The number of nitrogens with zero attached hydrogens (tertiary/aromatic N) is 4. The Balaban J connectivity index is 1.82. The Morgan fingerprint density at radius 3 is 2.96 bits per heavy atom. The van der Waals surface area contributed by atoms with Gasteiger partial charge in [0, 0.05) is 19.2 Å². The molecule has 0 saturated carbocycles. The summed E-state index contributed by atoms with van der Waals surface area (Å²) in [6, 6.07) is 3.51. The monoisotopic (exact) mass is 348 g/mol. The molecule has 0 aliphatic carbocycles. The van der Waals surface area contributed by atoms with E-state index in [0.717, 1.165) is 0 Å². The highest BCUT2D eigenvalue weighted by Crippen LogP contribution is 2.18. The largest absolute Gasteiger partial charge is 0.480 e. The fourth-order valence-electron chi connectivity index (χ4n) is 2.84. The van der Waals surface area contributed by atoms with Gasteiger partial charge in [-0.25, -0.2) is 9.50 Å². The van der Waals surface area contributed by atoms with Crippen molar-refractivity contribution in [1.82, 2.24) is 19.5 Å². The van der Waals surface area contributed by atoms with Crippen LogP contribution in [0.25, 0.3) is 5.65 Å². The van der Waals surface area contributed by atoms with E-state index in [9.17, 15) is 4.79 Å². The van der Waals surface area contributed by atoms with Crippen molar-refractivity contribution >= 4 is 11.6 Å². The normalized spacial score (nSPS) is 18.1. The van der Waals surface area contributed by atoms with E-state index in [1.54, 1.807) is 28.7 Å². The third kappa shape index (κ3) is 3.74. The summed E-state index contributed by atoms with van der Waals surface area (Å²) < 4.78 is 18.0. The Morgan fingerprint density at radius 2 is 2.24 bits per heavy atom. The number of amides is 1. The van der Waals surface area contributed by atoms with Gasteiger partial charge in [-0.1, -0.05) is 0 Å². The molecule has 2 aromatic rings. The van der Waals surface area contributed by atoms with Crippen LogP contribution in [0.15, 0.2) is 12.1 Å². The summed E-state index contributed by atoms with van der Waals surface area (Å²) >= 11 is 0. The van der Waals surface area contributed by atoms with Crippen LogP contribution in [0.5, 0.6) is 5.88 Å². The molecule has 0 spiro atoms. The lowest BCUT2D eigenvalue weighted by atomic mass is 10.2. The Kier molecular flexibility index (Phi) is 5.19. The van der Waals surface area contributed by atoms with Crippen LogP contribution in [-0.2, 0) is 9.47 Å². The average molecular weight is 348 g/mol. The SMILES string of the molecule is COc1ccc2nc(C)c(C(=O)N3CCO[C@@H](COC(C)C)C3)n2n1. The molecule has 0 N–H and O–H groups in total. The van der Waals surface area contributed by atoms with Gasteiger partial charge in [0.1, 0.15) is 0 Å². The molecule has 8 nitrogen and oxygen atoms in total. The molecule has 1 amide bonds. The molecule has 1 saturated heterocycles. The Hall–Kier alpha value is -2.19. The number of imidazole rings is 1. The lowest BCUT2D eigenvalue weighted by Crippen LogP contribution is -2.47. The van der Waals surface area contributed by atoms with E-state index >= 15 is 0 Å². The molecular formula is C17H24N4O4. The quantitative estimate of drug-likeness (QED) is 0.811. The fourth-order valence-corrected chi connectivity index (χ4v) is 2.84. The zero-order valence-corrected chi connectivity index (χ0v) is 15.1. The molecular weight excluding hydrogens is 324 g/mol. The molecule has 1 aliphatic rings. The van der Waals surface area contributed by atoms with Crippen molar-refractivity contribution in [2.75, 3.05) is 33.4 Å².